The molecule has 0 unspecified atom stereocenters. The van der Waals surface area contributed by atoms with Gasteiger partial charge in [0.1, 0.15) is 5.82 Å². The Labute approximate surface area is 201 Å². The lowest BCUT2D eigenvalue weighted by Crippen LogP contribution is -2.17. The van der Waals surface area contributed by atoms with E-state index in [4.69, 9.17) is 4.74 Å². The van der Waals surface area contributed by atoms with Crippen molar-refractivity contribution < 1.29 is 19.0 Å². The van der Waals surface area contributed by atoms with E-state index in [1.807, 2.05) is 20.0 Å². The van der Waals surface area contributed by atoms with Crippen LogP contribution in [0.5, 0.6) is 0 Å². The van der Waals surface area contributed by atoms with E-state index >= 15 is 0 Å². The first-order valence-electron chi connectivity index (χ1n) is 11.7. The van der Waals surface area contributed by atoms with Crippen molar-refractivity contribution in [3.8, 4) is 16.8 Å². The fourth-order valence-corrected chi connectivity index (χ4v) is 5.26. The third-order valence-corrected chi connectivity index (χ3v) is 6.99. The predicted octanol–water partition coefficient (Wildman–Crippen LogP) is 4.16. The second-order valence-corrected chi connectivity index (χ2v) is 9.07. The van der Waals surface area contributed by atoms with E-state index in [-0.39, 0.29) is 17.3 Å². The number of carboxylic acid groups (broad SMARTS) is 1. The smallest absolute Gasteiger partial charge is 0.335 e. The van der Waals surface area contributed by atoms with Gasteiger partial charge in [0.05, 0.1) is 16.6 Å². The van der Waals surface area contributed by atoms with Crippen LogP contribution in [0.2, 0.25) is 0 Å². The maximum absolute atomic E-state index is 13.9. The molecule has 0 spiro atoms. The number of hydrogen-bond donors (Lipinski definition) is 2. The van der Waals surface area contributed by atoms with Crippen LogP contribution in [0.1, 0.15) is 34.8 Å². The van der Waals surface area contributed by atoms with Crippen LogP contribution in [0.4, 0.5) is 4.39 Å². The zero-order valence-electron chi connectivity index (χ0n) is 19.2. The Morgan fingerprint density at radius 2 is 1.77 bits per heavy atom. The Kier molecular flexibility index (Phi) is 5.18. The summed E-state index contributed by atoms with van der Waals surface area (Å²) in [5.41, 5.74) is 7.12. The van der Waals surface area contributed by atoms with Gasteiger partial charge in [0.15, 0.2) is 7.85 Å². The number of hydrogen-bond acceptors (Lipinski definition) is 3. The molecule has 6 nitrogen and oxygen atoms in total. The normalized spacial score (nSPS) is 14.7. The van der Waals surface area contributed by atoms with Gasteiger partial charge >= 0.3 is 5.97 Å². The highest BCUT2D eigenvalue weighted by Gasteiger charge is 2.28. The Bertz CT molecular complexity index is 1570. The van der Waals surface area contributed by atoms with Gasteiger partial charge in [0.25, 0.3) is 0 Å². The lowest BCUT2D eigenvalue weighted by molar-refractivity contribution is 0.0697. The van der Waals surface area contributed by atoms with Gasteiger partial charge in [0.2, 0.25) is 0 Å². The summed E-state index contributed by atoms with van der Waals surface area (Å²) in [4.78, 5) is 11.5. The number of aromatic nitrogens is 3. The van der Waals surface area contributed by atoms with Gasteiger partial charge in [-0.15, -0.1) is 0 Å². The molecule has 3 heterocycles. The molecule has 0 aliphatic carbocycles. The molecule has 0 amide bonds. The summed E-state index contributed by atoms with van der Waals surface area (Å²) in [5.74, 6) is -1.01. The molecule has 174 valence electrons. The lowest BCUT2D eigenvalue weighted by Gasteiger charge is -2.26. The lowest BCUT2D eigenvalue weighted by atomic mass is 9.89. The number of carbonyl (C=O) groups is 1. The highest BCUT2D eigenvalue weighted by atomic mass is 19.1. The zero-order chi connectivity index (χ0) is 24.1. The van der Waals surface area contributed by atoms with Gasteiger partial charge in [-0.3, -0.25) is 5.10 Å². The van der Waals surface area contributed by atoms with Crippen LogP contribution < -0.4 is 5.59 Å². The molecule has 0 saturated carbocycles. The van der Waals surface area contributed by atoms with Crippen LogP contribution >= 0.6 is 0 Å². The molecular formula is C27H23BFN3O3. The van der Waals surface area contributed by atoms with E-state index in [1.165, 1.54) is 12.1 Å². The number of halogens is 1. The van der Waals surface area contributed by atoms with Crippen molar-refractivity contribution in [2.45, 2.75) is 18.8 Å². The maximum Gasteiger partial charge on any atom is 0.335 e. The third-order valence-electron chi connectivity index (χ3n) is 6.99. The second-order valence-electron chi connectivity index (χ2n) is 9.07. The molecule has 0 bridgehead atoms. The molecule has 2 N–H and O–H groups in total. The number of H-pyrrole nitrogens is 1. The number of aromatic amines is 1. The summed E-state index contributed by atoms with van der Waals surface area (Å²) < 4.78 is 21.8. The Balaban J connectivity index is 1.72. The molecule has 35 heavy (non-hydrogen) atoms. The Hall–Kier alpha value is -3.91. The van der Waals surface area contributed by atoms with Crippen LogP contribution in [0.25, 0.3) is 38.6 Å². The minimum atomic E-state index is -0.954. The van der Waals surface area contributed by atoms with E-state index in [0.29, 0.717) is 13.2 Å². The molecule has 1 saturated heterocycles. The van der Waals surface area contributed by atoms with E-state index < -0.39 is 5.97 Å². The average molecular weight is 467 g/mol. The van der Waals surface area contributed by atoms with E-state index in [2.05, 4.69) is 26.9 Å². The molecular weight excluding hydrogens is 444 g/mol. The van der Waals surface area contributed by atoms with Gasteiger partial charge < -0.3 is 14.4 Å². The molecule has 1 fully saturated rings. The van der Waals surface area contributed by atoms with Crippen molar-refractivity contribution in [1.82, 2.24) is 14.8 Å². The molecule has 1 aliphatic heterocycles. The standard InChI is InChI=1S/C27H23BFN3O3/c28-26-20-14-23-21(13-22(20)30-31-26)24(15-1-3-17(4-2-15)27(33)34)25(16-9-11-35-12-10-16)32(23)19-7-5-18(29)6-8-19/h1-8,13-14,16H,9-12,28H2,(H,30,31)(H,33,34). The van der Waals surface area contributed by atoms with E-state index in [1.54, 1.807) is 24.3 Å². The fourth-order valence-electron chi connectivity index (χ4n) is 5.26. The molecule has 6 rings (SSSR count). The molecule has 0 atom stereocenters. The summed E-state index contributed by atoms with van der Waals surface area (Å²) in [6.45, 7) is 1.35. The Morgan fingerprint density at radius 1 is 1.06 bits per heavy atom. The van der Waals surface area contributed by atoms with Crippen molar-refractivity contribution in [1.29, 1.82) is 0 Å². The minimum absolute atomic E-state index is 0.230. The van der Waals surface area contributed by atoms with Crippen molar-refractivity contribution in [2.75, 3.05) is 13.2 Å². The number of nitrogens with one attached hydrogen (secondary N) is 1. The SMILES string of the molecule is Bc1n[nH]c2cc3c(-c4ccc(C(=O)O)cc4)c(C4CCOCC4)n(-c4ccc(F)cc4)c3cc12. The number of ether oxygens (including phenoxy) is 1. The molecule has 2 aromatic heterocycles. The summed E-state index contributed by atoms with van der Waals surface area (Å²) in [5, 5.41) is 19.0. The first-order chi connectivity index (χ1) is 17.0. The molecule has 5 aromatic rings. The van der Waals surface area contributed by atoms with Crippen LogP contribution in [-0.4, -0.2) is 46.9 Å². The van der Waals surface area contributed by atoms with E-state index in [9.17, 15) is 14.3 Å². The van der Waals surface area contributed by atoms with Gasteiger partial charge in [-0.1, -0.05) is 12.1 Å². The third kappa shape index (κ3) is 3.61. The highest BCUT2D eigenvalue weighted by molar-refractivity contribution is 6.37. The summed E-state index contributed by atoms with van der Waals surface area (Å²) >= 11 is 0. The second kappa shape index (κ2) is 8.39. The molecule has 1 aliphatic rings. The monoisotopic (exact) mass is 467 g/mol. The summed E-state index contributed by atoms with van der Waals surface area (Å²) in [6.07, 6.45) is 1.74. The number of carboxylic acids is 1. The van der Waals surface area contributed by atoms with Gasteiger partial charge in [-0.05, 0) is 66.9 Å². The molecule has 0 radical (unpaired) electrons. The van der Waals surface area contributed by atoms with E-state index in [0.717, 1.165) is 62.7 Å². The fraction of sp³-hybridized carbons (Fsp3) is 0.185. The minimum Gasteiger partial charge on any atom is -0.478 e. The van der Waals surface area contributed by atoms with Crippen molar-refractivity contribution in [2.24, 2.45) is 0 Å². The van der Waals surface area contributed by atoms with Gasteiger partial charge in [-0.25, -0.2) is 9.18 Å². The van der Waals surface area contributed by atoms with Crippen LogP contribution in [0.3, 0.4) is 0 Å². The van der Waals surface area contributed by atoms with Crippen molar-refractivity contribution in [3.63, 3.8) is 0 Å². The van der Waals surface area contributed by atoms with Gasteiger partial charge in [0, 0.05) is 52.4 Å². The van der Waals surface area contributed by atoms with Crippen molar-refractivity contribution in [3.05, 3.63) is 77.7 Å². The predicted molar refractivity (Wildman–Crippen MR) is 136 cm³/mol. The Morgan fingerprint density at radius 3 is 2.46 bits per heavy atom. The number of nitrogens with zero attached hydrogens (tertiary/aromatic N) is 2. The number of benzene rings is 3. The van der Waals surface area contributed by atoms with Crippen molar-refractivity contribution >= 4 is 41.2 Å². The number of aromatic carboxylic acids is 1. The maximum atomic E-state index is 13.9. The first-order valence-corrected chi connectivity index (χ1v) is 11.7. The van der Waals surface area contributed by atoms with Crippen LogP contribution in [-0.2, 0) is 4.74 Å². The summed E-state index contributed by atoms with van der Waals surface area (Å²) in [7, 11) is 1.97. The van der Waals surface area contributed by atoms with Crippen LogP contribution in [0, 0.1) is 5.82 Å². The number of fused-ring (bicyclic) bond motifs is 2. The van der Waals surface area contributed by atoms with Gasteiger partial charge in [-0.2, -0.15) is 5.10 Å². The first kappa shape index (κ1) is 21.6. The molecule has 8 heteroatoms. The highest BCUT2D eigenvalue weighted by Crippen LogP contribution is 2.44. The van der Waals surface area contributed by atoms with Crippen LogP contribution in [0.15, 0.2) is 60.7 Å². The molecule has 3 aromatic carbocycles. The topological polar surface area (TPSA) is 80.1 Å². The zero-order valence-corrected chi connectivity index (χ0v) is 19.2. The largest absolute Gasteiger partial charge is 0.478 e. The number of rotatable bonds is 4. The average Bonchev–Trinajstić information content (AvgIpc) is 3.41. The quantitative estimate of drug-likeness (QED) is 0.389. The summed E-state index contributed by atoms with van der Waals surface area (Å²) in [6, 6.07) is 17.9.